The fraction of sp³-hybridized carbons (Fsp3) is 0.476. The third-order valence-electron chi connectivity index (χ3n) is 6.11. The summed E-state index contributed by atoms with van der Waals surface area (Å²) in [4.78, 5) is 32.8. The molecule has 2 heterocycles. The summed E-state index contributed by atoms with van der Waals surface area (Å²) < 4.78 is 0. The van der Waals surface area contributed by atoms with E-state index in [4.69, 9.17) is 5.73 Å². The number of primary amides is 1. The third kappa shape index (κ3) is 3.06. The van der Waals surface area contributed by atoms with Crippen LogP contribution >= 0.6 is 11.3 Å². The summed E-state index contributed by atoms with van der Waals surface area (Å²) in [6.45, 7) is 6.06. The Bertz CT molecular complexity index is 920. The van der Waals surface area contributed by atoms with Crippen LogP contribution in [0.2, 0.25) is 0 Å². The highest BCUT2D eigenvalue weighted by Gasteiger charge is 2.48. The van der Waals surface area contributed by atoms with Crippen LogP contribution in [0.5, 0.6) is 0 Å². The molecule has 2 fully saturated rings. The Balaban J connectivity index is 1.75. The number of nitrogens with two attached hydrogens (primary N) is 1. The van der Waals surface area contributed by atoms with E-state index in [1.807, 2.05) is 13.0 Å². The van der Waals surface area contributed by atoms with Gasteiger partial charge in [0.2, 0.25) is 5.91 Å². The minimum atomic E-state index is -0.512. The molecular formula is C21H25N3O2S. The Morgan fingerprint density at radius 2 is 1.96 bits per heavy atom. The van der Waals surface area contributed by atoms with Crippen LogP contribution < -0.4 is 5.73 Å². The molecule has 0 unspecified atom stereocenters. The molecule has 1 aliphatic carbocycles. The molecule has 142 valence electrons. The van der Waals surface area contributed by atoms with Crippen LogP contribution in [0.4, 0.5) is 0 Å². The summed E-state index contributed by atoms with van der Waals surface area (Å²) in [7, 11) is 0. The van der Waals surface area contributed by atoms with E-state index in [9.17, 15) is 9.59 Å². The number of carbonyl (C=O) groups excluding carboxylic acids is 2. The van der Waals surface area contributed by atoms with Crippen LogP contribution in [0.15, 0.2) is 18.2 Å². The number of hydrogen-bond donors (Lipinski definition) is 1. The molecular weight excluding hydrogens is 358 g/mol. The Labute approximate surface area is 163 Å². The van der Waals surface area contributed by atoms with E-state index >= 15 is 0 Å². The maximum atomic E-state index is 13.5. The molecule has 2 amide bonds. The lowest BCUT2D eigenvalue weighted by Gasteiger charge is -2.28. The number of rotatable bonds is 3. The summed E-state index contributed by atoms with van der Waals surface area (Å²) in [5.41, 5.74) is 9.51. The van der Waals surface area contributed by atoms with Crippen LogP contribution in [0.25, 0.3) is 10.4 Å². The summed E-state index contributed by atoms with van der Waals surface area (Å²) in [6, 6.07) is 5.82. The Morgan fingerprint density at radius 3 is 2.67 bits per heavy atom. The van der Waals surface area contributed by atoms with E-state index in [-0.39, 0.29) is 11.9 Å². The number of amides is 2. The summed E-state index contributed by atoms with van der Waals surface area (Å²) in [6.07, 6.45) is 3.80. The van der Waals surface area contributed by atoms with Crippen molar-refractivity contribution in [3.05, 3.63) is 40.0 Å². The highest BCUT2D eigenvalue weighted by atomic mass is 32.1. The van der Waals surface area contributed by atoms with Gasteiger partial charge in [0.25, 0.3) is 5.91 Å². The standard InChI is InChI=1S/C21H25N3O2S/c1-11-7-8-15(9-12(11)2)19-18(23-13(3)27-19)21(26)24-16-6-4-5-14(16)10-17(24)20(22)25/h7-9,14,16-17H,4-6,10H2,1-3H3,(H2,22,25)/t14-,16-,17-/m0/s1. The number of aryl methyl sites for hydroxylation is 3. The molecule has 6 heteroatoms. The molecule has 1 aromatic heterocycles. The minimum absolute atomic E-state index is 0.115. The molecule has 27 heavy (non-hydrogen) atoms. The lowest BCUT2D eigenvalue weighted by Crippen LogP contribution is -2.47. The van der Waals surface area contributed by atoms with Crippen LogP contribution in [-0.4, -0.2) is 33.8 Å². The molecule has 3 atom stereocenters. The van der Waals surface area contributed by atoms with Crippen molar-refractivity contribution < 1.29 is 9.59 Å². The van der Waals surface area contributed by atoms with E-state index in [1.165, 1.54) is 22.5 Å². The number of aromatic nitrogens is 1. The van der Waals surface area contributed by atoms with Crippen LogP contribution in [-0.2, 0) is 4.79 Å². The third-order valence-corrected chi connectivity index (χ3v) is 7.13. The van der Waals surface area contributed by atoms with Crippen molar-refractivity contribution in [2.24, 2.45) is 11.7 Å². The minimum Gasteiger partial charge on any atom is -0.368 e. The van der Waals surface area contributed by atoms with Crippen molar-refractivity contribution in [2.75, 3.05) is 0 Å². The molecule has 0 bridgehead atoms. The van der Waals surface area contributed by atoms with Crippen molar-refractivity contribution in [3.63, 3.8) is 0 Å². The number of thiazole rings is 1. The van der Waals surface area contributed by atoms with Crippen molar-refractivity contribution >= 4 is 23.2 Å². The van der Waals surface area contributed by atoms with E-state index < -0.39 is 11.9 Å². The topological polar surface area (TPSA) is 76.3 Å². The van der Waals surface area contributed by atoms with Gasteiger partial charge in [-0.15, -0.1) is 11.3 Å². The molecule has 2 N–H and O–H groups in total. The maximum absolute atomic E-state index is 13.5. The molecule has 0 spiro atoms. The molecule has 5 nitrogen and oxygen atoms in total. The predicted octanol–water partition coefficient (Wildman–Crippen LogP) is 3.60. The second-order valence-electron chi connectivity index (χ2n) is 7.83. The number of nitrogens with zero attached hydrogens (tertiary/aromatic N) is 2. The number of benzene rings is 1. The van der Waals surface area contributed by atoms with Gasteiger partial charge in [-0.1, -0.05) is 24.6 Å². The van der Waals surface area contributed by atoms with Gasteiger partial charge in [-0.3, -0.25) is 9.59 Å². The van der Waals surface area contributed by atoms with Gasteiger partial charge in [0.15, 0.2) is 0 Å². The fourth-order valence-electron chi connectivity index (χ4n) is 4.61. The summed E-state index contributed by atoms with van der Waals surface area (Å²) in [5.74, 6) is -0.167. The van der Waals surface area contributed by atoms with Gasteiger partial charge >= 0.3 is 0 Å². The first-order valence-corrected chi connectivity index (χ1v) is 10.4. The Kier molecular flexibility index (Phi) is 4.54. The van der Waals surface area contributed by atoms with Crippen LogP contribution in [0, 0.1) is 26.7 Å². The monoisotopic (exact) mass is 383 g/mol. The maximum Gasteiger partial charge on any atom is 0.274 e. The molecule has 1 saturated carbocycles. The van der Waals surface area contributed by atoms with Gasteiger partial charge in [-0.2, -0.15) is 0 Å². The zero-order chi connectivity index (χ0) is 19.3. The Hall–Kier alpha value is -2.21. The van der Waals surface area contributed by atoms with Gasteiger partial charge in [0.05, 0.1) is 9.88 Å². The number of hydrogen-bond acceptors (Lipinski definition) is 4. The summed E-state index contributed by atoms with van der Waals surface area (Å²) >= 11 is 1.53. The summed E-state index contributed by atoms with van der Waals surface area (Å²) in [5, 5.41) is 0.851. The second kappa shape index (κ2) is 6.75. The van der Waals surface area contributed by atoms with Gasteiger partial charge < -0.3 is 10.6 Å². The lowest BCUT2D eigenvalue weighted by atomic mass is 10.0. The van der Waals surface area contributed by atoms with Crippen LogP contribution in [0.3, 0.4) is 0 Å². The van der Waals surface area contributed by atoms with Crippen molar-refractivity contribution in [1.29, 1.82) is 0 Å². The first-order chi connectivity index (χ1) is 12.9. The molecule has 2 aromatic rings. The second-order valence-corrected chi connectivity index (χ2v) is 9.04. The zero-order valence-electron chi connectivity index (χ0n) is 16.0. The van der Waals surface area contributed by atoms with Crippen molar-refractivity contribution in [1.82, 2.24) is 9.88 Å². The van der Waals surface area contributed by atoms with Gasteiger partial charge in [0, 0.05) is 6.04 Å². The lowest BCUT2D eigenvalue weighted by molar-refractivity contribution is -0.122. The largest absolute Gasteiger partial charge is 0.368 e. The molecule has 4 rings (SSSR count). The highest BCUT2D eigenvalue weighted by Crippen LogP contribution is 2.43. The van der Waals surface area contributed by atoms with Gasteiger partial charge in [0.1, 0.15) is 11.7 Å². The van der Waals surface area contributed by atoms with Gasteiger partial charge in [-0.05, 0) is 62.6 Å². The van der Waals surface area contributed by atoms with Crippen molar-refractivity contribution in [2.45, 2.75) is 58.5 Å². The van der Waals surface area contributed by atoms with Crippen LogP contribution in [0.1, 0.15) is 52.3 Å². The SMILES string of the molecule is Cc1nc(C(=O)N2[C@H](C(N)=O)C[C@@H]3CCC[C@@H]32)c(-c2ccc(C)c(C)c2)s1. The number of likely N-dealkylation sites (tertiary alicyclic amines) is 1. The van der Waals surface area contributed by atoms with Gasteiger partial charge in [-0.25, -0.2) is 4.98 Å². The average molecular weight is 384 g/mol. The smallest absolute Gasteiger partial charge is 0.274 e. The Morgan fingerprint density at radius 1 is 1.19 bits per heavy atom. The number of fused-ring (bicyclic) bond motifs is 1. The molecule has 0 radical (unpaired) electrons. The van der Waals surface area contributed by atoms with E-state index in [0.29, 0.717) is 18.0 Å². The molecule has 2 aliphatic rings. The molecule has 1 aliphatic heterocycles. The normalized spacial score (nSPS) is 24.3. The van der Waals surface area contributed by atoms with E-state index in [0.717, 1.165) is 34.7 Å². The first kappa shape index (κ1) is 18.2. The average Bonchev–Trinajstić information content (AvgIpc) is 3.30. The quantitative estimate of drug-likeness (QED) is 0.880. The van der Waals surface area contributed by atoms with E-state index in [2.05, 4.69) is 31.0 Å². The molecule has 1 saturated heterocycles. The molecule has 1 aromatic carbocycles. The van der Waals surface area contributed by atoms with Crippen molar-refractivity contribution in [3.8, 4) is 10.4 Å². The zero-order valence-corrected chi connectivity index (χ0v) is 16.8. The first-order valence-electron chi connectivity index (χ1n) is 9.54. The highest BCUT2D eigenvalue weighted by molar-refractivity contribution is 7.15. The van der Waals surface area contributed by atoms with E-state index in [1.54, 1.807) is 4.90 Å². The fourth-order valence-corrected chi connectivity index (χ4v) is 5.51. The predicted molar refractivity (Wildman–Crippen MR) is 107 cm³/mol. The number of carbonyl (C=O) groups is 2.